The second kappa shape index (κ2) is 9.10. The first-order valence-corrected chi connectivity index (χ1v) is 9.09. The molecule has 1 aromatic heterocycles. The number of carbonyl (C=O) groups excluding carboxylic acids is 2. The number of nitrogens with zero attached hydrogens (tertiary/aromatic N) is 4. The number of aliphatic hydroxyl groups is 1. The monoisotopic (exact) mass is 354 g/mol. The molecular weight excluding hydrogens is 328 g/mol. The smallest absolute Gasteiger partial charge is 0.227 e. The van der Waals surface area contributed by atoms with Gasteiger partial charge in [-0.25, -0.2) is 4.98 Å². The third-order valence-corrected chi connectivity index (χ3v) is 4.92. The largest absolute Gasteiger partial charge is 0.395 e. The first-order chi connectivity index (χ1) is 11.5. The van der Waals surface area contributed by atoms with Gasteiger partial charge in [-0.15, -0.1) is 11.3 Å². The molecule has 0 radical (unpaired) electrons. The lowest BCUT2D eigenvalue weighted by molar-refractivity contribution is -0.144. The number of thiazole rings is 1. The Bertz CT molecular complexity index is 535. The van der Waals surface area contributed by atoms with Gasteiger partial charge in [0, 0.05) is 44.2 Å². The number of piperidine rings is 1. The molecule has 8 heteroatoms. The lowest BCUT2D eigenvalue weighted by atomic mass is 9.96. The van der Waals surface area contributed by atoms with Crippen LogP contribution >= 0.6 is 11.3 Å². The highest BCUT2D eigenvalue weighted by Crippen LogP contribution is 2.21. The number of aromatic nitrogens is 1. The van der Waals surface area contributed by atoms with E-state index in [4.69, 9.17) is 0 Å². The highest BCUT2D eigenvalue weighted by Gasteiger charge is 2.32. The van der Waals surface area contributed by atoms with Crippen LogP contribution in [0.5, 0.6) is 0 Å². The molecule has 0 bridgehead atoms. The normalized spacial score (nSPS) is 18.2. The molecule has 2 heterocycles. The zero-order valence-corrected chi connectivity index (χ0v) is 15.2. The molecule has 2 amide bonds. The molecule has 0 saturated carbocycles. The highest BCUT2D eigenvalue weighted by molar-refractivity contribution is 7.09. The van der Waals surface area contributed by atoms with Crippen LogP contribution in [0.1, 0.15) is 17.8 Å². The van der Waals surface area contributed by atoms with E-state index < -0.39 is 0 Å². The second-order valence-corrected chi connectivity index (χ2v) is 7.27. The van der Waals surface area contributed by atoms with Crippen LogP contribution < -0.4 is 0 Å². The van der Waals surface area contributed by atoms with Gasteiger partial charge < -0.3 is 19.8 Å². The number of likely N-dealkylation sites (N-methyl/N-ethyl adjacent to an activating group) is 1. The van der Waals surface area contributed by atoms with E-state index in [1.54, 1.807) is 16.0 Å². The molecule has 0 spiro atoms. The minimum atomic E-state index is -0.198. The van der Waals surface area contributed by atoms with E-state index in [0.29, 0.717) is 39.0 Å². The first-order valence-electron chi connectivity index (χ1n) is 8.21. The molecular formula is C16H26N4O3S. The number of carbonyl (C=O) groups is 2. The van der Waals surface area contributed by atoms with E-state index in [2.05, 4.69) is 4.98 Å². The van der Waals surface area contributed by atoms with Gasteiger partial charge >= 0.3 is 0 Å². The number of rotatable bonds is 8. The fourth-order valence-corrected chi connectivity index (χ4v) is 3.42. The molecule has 1 fully saturated rings. The Labute approximate surface area is 146 Å². The summed E-state index contributed by atoms with van der Waals surface area (Å²) in [4.78, 5) is 34.6. The Kier molecular flexibility index (Phi) is 7.14. The van der Waals surface area contributed by atoms with E-state index in [9.17, 15) is 14.7 Å². The first kappa shape index (κ1) is 18.8. The lowest BCUT2D eigenvalue weighted by Crippen LogP contribution is -2.48. The average molecular weight is 354 g/mol. The van der Waals surface area contributed by atoms with Gasteiger partial charge in [0.25, 0.3) is 0 Å². The van der Waals surface area contributed by atoms with Crippen LogP contribution in [0.2, 0.25) is 0 Å². The van der Waals surface area contributed by atoms with Crippen LogP contribution in [-0.2, 0) is 16.1 Å². The standard InChI is InChI=1S/C16H26N4O3S/c1-18(2)6-7-19-11-13(3-4-15(19)22)16(23)20(8-9-21)12-14-17-5-10-24-14/h5,10,13,21H,3-4,6-9,11-12H2,1-2H3. The topological polar surface area (TPSA) is 77.0 Å². The molecule has 1 atom stereocenters. The van der Waals surface area contributed by atoms with Crippen molar-refractivity contribution in [2.45, 2.75) is 19.4 Å². The summed E-state index contributed by atoms with van der Waals surface area (Å²) in [6.07, 6.45) is 2.70. The Morgan fingerprint density at radius 1 is 1.46 bits per heavy atom. The maximum absolute atomic E-state index is 12.8. The van der Waals surface area contributed by atoms with Crippen molar-refractivity contribution in [3.05, 3.63) is 16.6 Å². The minimum Gasteiger partial charge on any atom is -0.395 e. The molecule has 134 valence electrons. The van der Waals surface area contributed by atoms with Gasteiger partial charge in [-0.3, -0.25) is 9.59 Å². The molecule has 0 aliphatic carbocycles. The van der Waals surface area contributed by atoms with Crippen LogP contribution in [0, 0.1) is 5.92 Å². The van der Waals surface area contributed by atoms with Gasteiger partial charge in [-0.1, -0.05) is 0 Å². The molecule has 1 saturated heterocycles. The molecule has 0 aromatic carbocycles. The molecule has 24 heavy (non-hydrogen) atoms. The fourth-order valence-electron chi connectivity index (χ4n) is 2.79. The highest BCUT2D eigenvalue weighted by atomic mass is 32.1. The maximum Gasteiger partial charge on any atom is 0.227 e. The summed E-state index contributed by atoms with van der Waals surface area (Å²) in [5, 5.41) is 12.0. The summed E-state index contributed by atoms with van der Waals surface area (Å²) in [5.41, 5.74) is 0. The number of likely N-dealkylation sites (tertiary alicyclic amines) is 1. The van der Waals surface area contributed by atoms with Gasteiger partial charge in [0.15, 0.2) is 0 Å². The van der Waals surface area contributed by atoms with Gasteiger partial charge in [0.1, 0.15) is 5.01 Å². The zero-order chi connectivity index (χ0) is 17.5. The van der Waals surface area contributed by atoms with Crippen molar-refractivity contribution >= 4 is 23.2 Å². The van der Waals surface area contributed by atoms with Crippen molar-refractivity contribution in [3.63, 3.8) is 0 Å². The molecule has 1 aromatic rings. The minimum absolute atomic E-state index is 0.00148. The van der Waals surface area contributed by atoms with E-state index in [1.165, 1.54) is 11.3 Å². The average Bonchev–Trinajstić information content (AvgIpc) is 3.06. The van der Waals surface area contributed by atoms with Gasteiger partial charge in [-0.2, -0.15) is 0 Å². The number of hydrogen-bond acceptors (Lipinski definition) is 6. The summed E-state index contributed by atoms with van der Waals surface area (Å²) in [7, 11) is 3.93. The van der Waals surface area contributed by atoms with Gasteiger partial charge in [0.2, 0.25) is 11.8 Å². The molecule has 1 aliphatic heterocycles. The Morgan fingerprint density at radius 3 is 2.88 bits per heavy atom. The predicted molar refractivity (Wildman–Crippen MR) is 92.5 cm³/mol. The van der Waals surface area contributed by atoms with Crippen LogP contribution in [0.4, 0.5) is 0 Å². The van der Waals surface area contributed by atoms with E-state index in [1.807, 2.05) is 24.4 Å². The number of aliphatic hydroxyl groups excluding tert-OH is 1. The van der Waals surface area contributed by atoms with Gasteiger partial charge in [0.05, 0.1) is 19.1 Å². The summed E-state index contributed by atoms with van der Waals surface area (Å²) < 4.78 is 0. The zero-order valence-electron chi connectivity index (χ0n) is 14.3. The van der Waals surface area contributed by atoms with Crippen LogP contribution in [0.15, 0.2) is 11.6 Å². The van der Waals surface area contributed by atoms with Crippen LogP contribution in [0.3, 0.4) is 0 Å². The number of hydrogen-bond donors (Lipinski definition) is 1. The van der Waals surface area contributed by atoms with Crippen molar-refractivity contribution in [1.82, 2.24) is 19.7 Å². The van der Waals surface area contributed by atoms with Crippen molar-refractivity contribution in [3.8, 4) is 0 Å². The lowest BCUT2D eigenvalue weighted by Gasteiger charge is -2.35. The Balaban J connectivity index is 1.98. The SMILES string of the molecule is CN(C)CCN1CC(C(=O)N(CCO)Cc2nccs2)CCC1=O. The van der Waals surface area contributed by atoms with Crippen molar-refractivity contribution < 1.29 is 14.7 Å². The number of amides is 2. The van der Waals surface area contributed by atoms with Crippen LogP contribution in [0.25, 0.3) is 0 Å². The summed E-state index contributed by atoms with van der Waals surface area (Å²) in [5.74, 6) is -0.0764. The van der Waals surface area contributed by atoms with Crippen molar-refractivity contribution in [2.24, 2.45) is 5.92 Å². The van der Waals surface area contributed by atoms with Gasteiger partial charge in [-0.05, 0) is 20.5 Å². The molecule has 1 N–H and O–H groups in total. The van der Waals surface area contributed by atoms with E-state index >= 15 is 0 Å². The van der Waals surface area contributed by atoms with Crippen molar-refractivity contribution in [1.29, 1.82) is 0 Å². The summed E-state index contributed by atoms with van der Waals surface area (Å²) >= 11 is 1.50. The molecule has 7 nitrogen and oxygen atoms in total. The van der Waals surface area contributed by atoms with E-state index in [-0.39, 0.29) is 24.3 Å². The summed E-state index contributed by atoms with van der Waals surface area (Å²) in [6.45, 7) is 2.52. The third kappa shape index (κ3) is 5.25. The maximum atomic E-state index is 12.8. The molecule has 1 unspecified atom stereocenters. The fraction of sp³-hybridized carbons (Fsp3) is 0.688. The quantitative estimate of drug-likeness (QED) is 0.725. The van der Waals surface area contributed by atoms with Crippen LogP contribution in [-0.4, -0.2) is 83.5 Å². The van der Waals surface area contributed by atoms with E-state index in [0.717, 1.165) is 11.6 Å². The Morgan fingerprint density at radius 2 is 2.25 bits per heavy atom. The predicted octanol–water partition coefficient (Wildman–Crippen LogP) is 0.264. The molecule has 1 aliphatic rings. The molecule has 2 rings (SSSR count). The third-order valence-electron chi connectivity index (χ3n) is 4.16. The van der Waals surface area contributed by atoms with Crippen molar-refractivity contribution in [2.75, 3.05) is 46.9 Å². The second-order valence-electron chi connectivity index (χ2n) is 6.29. The Hall–Kier alpha value is -1.51. The summed E-state index contributed by atoms with van der Waals surface area (Å²) in [6, 6.07) is 0.